The lowest BCUT2D eigenvalue weighted by Crippen LogP contribution is -2.06. The Kier molecular flexibility index (Phi) is 9.10. The minimum atomic E-state index is -0.762. The molecule has 0 aliphatic carbocycles. The summed E-state index contributed by atoms with van der Waals surface area (Å²) in [4.78, 5) is 10.2. The van der Waals surface area contributed by atoms with Gasteiger partial charge >= 0.3 is 5.97 Å². The number of aliphatic hydroxyl groups excluding tert-OH is 1. The summed E-state index contributed by atoms with van der Waals surface area (Å²) < 4.78 is 0. The van der Waals surface area contributed by atoms with Gasteiger partial charge in [-0.05, 0) is 32.1 Å². The van der Waals surface area contributed by atoms with Gasteiger partial charge in [0.05, 0.1) is 6.10 Å². The molecule has 0 fully saturated rings. The van der Waals surface area contributed by atoms with Crippen molar-refractivity contribution < 1.29 is 15.0 Å². The van der Waals surface area contributed by atoms with Crippen molar-refractivity contribution in [2.24, 2.45) is 0 Å². The fourth-order valence-electron chi connectivity index (χ4n) is 1.27. The number of aliphatic carboxylic acids is 1. The van der Waals surface area contributed by atoms with Gasteiger partial charge in [-0.25, -0.2) is 0 Å². The number of carboxylic acid groups (broad SMARTS) is 1. The summed E-state index contributed by atoms with van der Waals surface area (Å²) in [5.74, 6) is -0.118. The fourth-order valence-corrected chi connectivity index (χ4v) is 1.46. The molecule has 84 valence electrons. The Hall–Kier alpha value is -0.280. The second-order valence-electron chi connectivity index (χ2n) is 3.48. The van der Waals surface area contributed by atoms with Crippen molar-refractivity contribution in [3.05, 3.63) is 0 Å². The molecule has 0 spiro atoms. The molecule has 0 saturated carbocycles. The van der Waals surface area contributed by atoms with E-state index in [1.807, 2.05) is 0 Å². The smallest absolute Gasteiger partial charge is 0.303 e. The lowest BCUT2D eigenvalue weighted by atomic mass is 10.1. The maximum atomic E-state index is 10.2. The Morgan fingerprint density at radius 3 is 2.21 bits per heavy atom. The van der Waals surface area contributed by atoms with Gasteiger partial charge in [-0.3, -0.25) is 4.79 Å². The van der Waals surface area contributed by atoms with Crippen LogP contribution in [0.25, 0.3) is 0 Å². The fraction of sp³-hybridized carbons (Fsp3) is 0.900. The van der Waals surface area contributed by atoms with Crippen LogP contribution in [0.15, 0.2) is 0 Å². The van der Waals surface area contributed by atoms with Crippen LogP contribution >= 0.6 is 11.6 Å². The molecule has 0 aliphatic heterocycles. The molecule has 0 bridgehead atoms. The molecule has 0 rings (SSSR count). The minimum Gasteiger partial charge on any atom is -0.481 e. The maximum absolute atomic E-state index is 10.2. The zero-order chi connectivity index (χ0) is 10.8. The van der Waals surface area contributed by atoms with E-state index in [1.54, 1.807) is 0 Å². The molecule has 4 heteroatoms. The first-order valence-electron chi connectivity index (χ1n) is 5.12. The maximum Gasteiger partial charge on any atom is 0.303 e. The number of carbonyl (C=O) groups is 1. The predicted octanol–water partition coefficient (Wildman–Crippen LogP) is 2.40. The van der Waals surface area contributed by atoms with E-state index in [4.69, 9.17) is 16.7 Å². The van der Waals surface area contributed by atoms with Gasteiger partial charge in [0.25, 0.3) is 0 Å². The predicted molar refractivity (Wildman–Crippen MR) is 56.7 cm³/mol. The van der Waals surface area contributed by atoms with E-state index < -0.39 is 5.97 Å². The van der Waals surface area contributed by atoms with Crippen LogP contribution in [-0.2, 0) is 4.79 Å². The van der Waals surface area contributed by atoms with Crippen molar-refractivity contribution in [3.63, 3.8) is 0 Å². The number of hydrogen-bond donors (Lipinski definition) is 2. The number of aliphatic hydroxyl groups is 1. The van der Waals surface area contributed by atoms with Crippen molar-refractivity contribution in [1.29, 1.82) is 0 Å². The Bertz CT molecular complexity index is 150. The lowest BCUT2D eigenvalue weighted by Gasteiger charge is -2.08. The summed E-state index contributed by atoms with van der Waals surface area (Å²) in [5.41, 5.74) is 0. The average Bonchev–Trinajstić information content (AvgIpc) is 2.13. The third-order valence-electron chi connectivity index (χ3n) is 2.10. The van der Waals surface area contributed by atoms with E-state index in [0.717, 1.165) is 25.7 Å². The Morgan fingerprint density at radius 1 is 1.14 bits per heavy atom. The zero-order valence-corrected chi connectivity index (χ0v) is 9.17. The minimum absolute atomic E-state index is 0.203. The SMILES string of the molecule is O=C(O)CCCCC(O)CCCCCl. The molecule has 1 unspecified atom stereocenters. The van der Waals surface area contributed by atoms with Gasteiger partial charge in [0.1, 0.15) is 0 Å². The zero-order valence-electron chi connectivity index (χ0n) is 8.41. The van der Waals surface area contributed by atoms with E-state index in [-0.39, 0.29) is 12.5 Å². The van der Waals surface area contributed by atoms with Gasteiger partial charge in [-0.2, -0.15) is 0 Å². The first-order chi connectivity index (χ1) is 6.66. The molecular formula is C10H19ClO3. The van der Waals surface area contributed by atoms with E-state index in [9.17, 15) is 9.90 Å². The molecule has 3 nitrogen and oxygen atoms in total. The normalized spacial score (nSPS) is 12.7. The van der Waals surface area contributed by atoms with Crippen molar-refractivity contribution in [2.75, 3.05) is 5.88 Å². The topological polar surface area (TPSA) is 57.5 Å². The standard InChI is InChI=1S/C10H19ClO3/c11-8-4-3-6-9(12)5-1-2-7-10(13)14/h9,12H,1-8H2,(H,13,14). The Labute approximate surface area is 90.1 Å². The molecule has 14 heavy (non-hydrogen) atoms. The molecule has 0 aromatic heterocycles. The molecule has 0 aromatic carbocycles. The molecule has 0 aliphatic rings. The molecule has 0 amide bonds. The van der Waals surface area contributed by atoms with E-state index >= 15 is 0 Å². The van der Waals surface area contributed by atoms with Gasteiger partial charge in [0.2, 0.25) is 0 Å². The van der Waals surface area contributed by atoms with Gasteiger partial charge in [0, 0.05) is 12.3 Å². The molecular weight excluding hydrogens is 204 g/mol. The highest BCUT2D eigenvalue weighted by atomic mass is 35.5. The van der Waals surface area contributed by atoms with Crippen molar-refractivity contribution >= 4 is 17.6 Å². The Balaban J connectivity index is 3.18. The third kappa shape index (κ3) is 9.81. The number of rotatable bonds is 9. The van der Waals surface area contributed by atoms with Crippen molar-refractivity contribution in [2.45, 2.75) is 51.0 Å². The van der Waals surface area contributed by atoms with Crippen LogP contribution in [0.4, 0.5) is 0 Å². The average molecular weight is 223 g/mol. The highest BCUT2D eigenvalue weighted by Gasteiger charge is 2.04. The first kappa shape index (κ1) is 13.7. The molecule has 0 radical (unpaired) electrons. The summed E-state index contributed by atoms with van der Waals surface area (Å²) in [6.45, 7) is 0. The van der Waals surface area contributed by atoms with Crippen molar-refractivity contribution in [1.82, 2.24) is 0 Å². The lowest BCUT2D eigenvalue weighted by molar-refractivity contribution is -0.137. The molecule has 0 saturated heterocycles. The highest BCUT2D eigenvalue weighted by Crippen LogP contribution is 2.09. The van der Waals surface area contributed by atoms with Gasteiger partial charge < -0.3 is 10.2 Å². The van der Waals surface area contributed by atoms with Crippen molar-refractivity contribution in [3.8, 4) is 0 Å². The van der Waals surface area contributed by atoms with Crippen LogP contribution in [0.3, 0.4) is 0 Å². The quantitative estimate of drug-likeness (QED) is 0.465. The first-order valence-corrected chi connectivity index (χ1v) is 5.66. The van der Waals surface area contributed by atoms with Gasteiger partial charge in [0.15, 0.2) is 0 Å². The van der Waals surface area contributed by atoms with Crippen LogP contribution in [0.5, 0.6) is 0 Å². The number of unbranched alkanes of at least 4 members (excludes halogenated alkanes) is 2. The number of halogens is 1. The Morgan fingerprint density at radius 2 is 1.71 bits per heavy atom. The van der Waals surface area contributed by atoms with Crippen LogP contribution in [-0.4, -0.2) is 28.2 Å². The third-order valence-corrected chi connectivity index (χ3v) is 2.37. The van der Waals surface area contributed by atoms with E-state index in [0.29, 0.717) is 18.7 Å². The number of carboxylic acids is 1. The molecule has 1 atom stereocenters. The molecule has 0 aromatic rings. The molecule has 0 heterocycles. The monoisotopic (exact) mass is 222 g/mol. The second kappa shape index (κ2) is 9.28. The summed E-state index contributed by atoms with van der Waals surface area (Å²) in [5, 5.41) is 17.8. The van der Waals surface area contributed by atoms with Gasteiger partial charge in [-0.1, -0.05) is 6.42 Å². The summed E-state index contributed by atoms with van der Waals surface area (Å²) in [7, 11) is 0. The number of hydrogen-bond acceptors (Lipinski definition) is 2. The summed E-state index contributed by atoms with van der Waals surface area (Å²) >= 11 is 5.50. The van der Waals surface area contributed by atoms with Crippen LogP contribution in [0.2, 0.25) is 0 Å². The summed E-state index contributed by atoms with van der Waals surface area (Å²) in [6, 6.07) is 0. The highest BCUT2D eigenvalue weighted by molar-refractivity contribution is 6.17. The summed E-state index contributed by atoms with van der Waals surface area (Å²) in [6.07, 6.45) is 4.73. The van der Waals surface area contributed by atoms with E-state index in [1.165, 1.54) is 0 Å². The van der Waals surface area contributed by atoms with Gasteiger partial charge in [-0.15, -0.1) is 11.6 Å². The van der Waals surface area contributed by atoms with Crippen LogP contribution in [0, 0.1) is 0 Å². The van der Waals surface area contributed by atoms with Crippen LogP contribution < -0.4 is 0 Å². The van der Waals surface area contributed by atoms with Crippen LogP contribution in [0.1, 0.15) is 44.9 Å². The number of alkyl halides is 1. The largest absolute Gasteiger partial charge is 0.481 e. The second-order valence-corrected chi connectivity index (χ2v) is 3.86. The van der Waals surface area contributed by atoms with E-state index in [2.05, 4.69) is 0 Å². The molecule has 2 N–H and O–H groups in total.